The number of benzene rings is 1. The largest absolute Gasteiger partial charge is 0.312 e. The van der Waals surface area contributed by atoms with E-state index in [1.54, 1.807) is 18.0 Å². The van der Waals surface area contributed by atoms with Crippen LogP contribution in [0, 0.1) is 5.92 Å². The molecule has 0 bridgehead atoms. The predicted molar refractivity (Wildman–Crippen MR) is 91.4 cm³/mol. The maximum absolute atomic E-state index is 6.35. The maximum atomic E-state index is 6.35. The SMILES string of the molecule is CC(C)CNCc1cccc(Cl)c1Sc1ccc(Cl)cn1. The second kappa shape index (κ2) is 8.04. The zero-order chi connectivity index (χ0) is 15.2. The zero-order valence-corrected chi connectivity index (χ0v) is 14.4. The third-order valence-corrected chi connectivity index (χ3v) is 4.61. The van der Waals surface area contributed by atoms with Crippen LogP contribution in [-0.2, 0) is 6.54 Å². The van der Waals surface area contributed by atoms with Gasteiger partial charge in [-0.2, -0.15) is 0 Å². The van der Waals surface area contributed by atoms with Gasteiger partial charge in [-0.15, -0.1) is 0 Å². The summed E-state index contributed by atoms with van der Waals surface area (Å²) in [5.41, 5.74) is 1.19. The number of hydrogen-bond acceptors (Lipinski definition) is 3. The summed E-state index contributed by atoms with van der Waals surface area (Å²) in [7, 11) is 0. The summed E-state index contributed by atoms with van der Waals surface area (Å²) in [5.74, 6) is 0.623. The lowest BCUT2D eigenvalue weighted by Crippen LogP contribution is -2.19. The number of nitrogens with zero attached hydrogens (tertiary/aromatic N) is 1. The Morgan fingerprint density at radius 2 is 2.00 bits per heavy atom. The van der Waals surface area contributed by atoms with E-state index in [4.69, 9.17) is 23.2 Å². The molecule has 0 fully saturated rings. The van der Waals surface area contributed by atoms with Crippen molar-refractivity contribution >= 4 is 35.0 Å². The van der Waals surface area contributed by atoms with Gasteiger partial charge in [0, 0.05) is 17.6 Å². The lowest BCUT2D eigenvalue weighted by atomic mass is 10.2. The van der Waals surface area contributed by atoms with Crippen LogP contribution in [0.4, 0.5) is 0 Å². The fourth-order valence-corrected chi connectivity index (χ4v) is 3.14. The standard InChI is InChI=1S/C16H18Cl2N2S/c1-11(2)8-19-9-12-4-3-5-14(18)16(12)21-15-7-6-13(17)10-20-15/h3-7,10-11,19H,8-9H2,1-2H3. The average molecular weight is 341 g/mol. The number of hydrogen-bond donors (Lipinski definition) is 1. The predicted octanol–water partition coefficient (Wildman–Crippen LogP) is 5.29. The molecule has 21 heavy (non-hydrogen) atoms. The molecule has 1 heterocycles. The number of pyridine rings is 1. The van der Waals surface area contributed by atoms with E-state index >= 15 is 0 Å². The molecule has 0 amide bonds. The van der Waals surface area contributed by atoms with Crippen molar-refractivity contribution in [3.63, 3.8) is 0 Å². The van der Waals surface area contributed by atoms with E-state index in [-0.39, 0.29) is 0 Å². The minimum atomic E-state index is 0.623. The van der Waals surface area contributed by atoms with Crippen molar-refractivity contribution in [1.29, 1.82) is 0 Å². The number of nitrogens with one attached hydrogen (secondary N) is 1. The molecule has 2 nitrogen and oxygen atoms in total. The first-order valence-corrected chi connectivity index (χ1v) is 8.41. The quantitative estimate of drug-likeness (QED) is 0.773. The first-order chi connectivity index (χ1) is 10.1. The van der Waals surface area contributed by atoms with Gasteiger partial charge in [0.25, 0.3) is 0 Å². The Bertz CT molecular complexity index is 585. The molecule has 0 radical (unpaired) electrons. The lowest BCUT2D eigenvalue weighted by molar-refractivity contribution is 0.550. The molecule has 2 aromatic rings. The van der Waals surface area contributed by atoms with Crippen LogP contribution >= 0.6 is 35.0 Å². The highest BCUT2D eigenvalue weighted by molar-refractivity contribution is 7.99. The van der Waals surface area contributed by atoms with Crippen LogP contribution in [0.5, 0.6) is 0 Å². The summed E-state index contributed by atoms with van der Waals surface area (Å²) in [6, 6.07) is 9.73. The summed E-state index contributed by atoms with van der Waals surface area (Å²) in [6.45, 7) is 6.17. The van der Waals surface area contributed by atoms with E-state index in [1.807, 2.05) is 24.3 Å². The highest BCUT2D eigenvalue weighted by Gasteiger charge is 2.10. The molecule has 0 aliphatic rings. The van der Waals surface area contributed by atoms with Crippen molar-refractivity contribution in [3.8, 4) is 0 Å². The molecule has 0 saturated carbocycles. The number of halogens is 2. The molecule has 0 spiro atoms. The molecule has 112 valence electrons. The van der Waals surface area contributed by atoms with Crippen molar-refractivity contribution in [2.24, 2.45) is 5.92 Å². The molecule has 0 atom stereocenters. The Hall–Kier alpha value is -0.740. The van der Waals surface area contributed by atoms with E-state index in [9.17, 15) is 0 Å². The molecule has 0 aliphatic carbocycles. The fourth-order valence-electron chi connectivity index (χ4n) is 1.83. The number of rotatable bonds is 6. The van der Waals surface area contributed by atoms with Gasteiger partial charge in [-0.05, 0) is 36.2 Å². The van der Waals surface area contributed by atoms with Crippen LogP contribution in [0.3, 0.4) is 0 Å². The summed E-state index contributed by atoms with van der Waals surface area (Å²) < 4.78 is 0. The van der Waals surface area contributed by atoms with Gasteiger partial charge in [0.1, 0.15) is 5.03 Å². The molecule has 1 aromatic heterocycles. The molecule has 1 aromatic carbocycles. The normalized spacial score (nSPS) is 11.1. The second-order valence-corrected chi connectivity index (χ2v) is 7.04. The molecular weight excluding hydrogens is 323 g/mol. The molecular formula is C16H18Cl2N2S. The summed E-state index contributed by atoms with van der Waals surface area (Å²) in [6.07, 6.45) is 1.65. The van der Waals surface area contributed by atoms with E-state index in [0.717, 1.165) is 28.0 Å². The first-order valence-electron chi connectivity index (χ1n) is 6.84. The van der Waals surface area contributed by atoms with E-state index in [1.165, 1.54) is 5.56 Å². The van der Waals surface area contributed by atoms with Crippen molar-refractivity contribution in [2.75, 3.05) is 6.54 Å². The molecule has 0 aliphatic heterocycles. The first kappa shape index (κ1) is 16.6. The highest BCUT2D eigenvalue weighted by Crippen LogP contribution is 2.35. The zero-order valence-electron chi connectivity index (χ0n) is 12.1. The summed E-state index contributed by atoms with van der Waals surface area (Å²) in [5, 5.41) is 5.72. The fraction of sp³-hybridized carbons (Fsp3) is 0.312. The van der Waals surface area contributed by atoms with Crippen LogP contribution in [0.1, 0.15) is 19.4 Å². The minimum Gasteiger partial charge on any atom is -0.312 e. The topological polar surface area (TPSA) is 24.9 Å². The second-order valence-electron chi connectivity index (χ2n) is 5.17. The Balaban J connectivity index is 2.15. The maximum Gasteiger partial charge on any atom is 0.101 e. The summed E-state index contributed by atoms with van der Waals surface area (Å²) in [4.78, 5) is 5.36. The molecule has 5 heteroatoms. The van der Waals surface area contributed by atoms with Gasteiger partial charge in [0.05, 0.1) is 10.0 Å². The van der Waals surface area contributed by atoms with Gasteiger partial charge in [-0.1, -0.05) is 60.9 Å². The van der Waals surface area contributed by atoms with Crippen LogP contribution in [0.2, 0.25) is 10.0 Å². The van der Waals surface area contributed by atoms with Crippen molar-refractivity contribution in [2.45, 2.75) is 30.3 Å². The van der Waals surface area contributed by atoms with Crippen LogP contribution in [-0.4, -0.2) is 11.5 Å². The molecule has 0 unspecified atom stereocenters. The number of aromatic nitrogens is 1. The van der Waals surface area contributed by atoms with Crippen molar-refractivity contribution < 1.29 is 0 Å². The Morgan fingerprint density at radius 1 is 1.19 bits per heavy atom. The van der Waals surface area contributed by atoms with Crippen molar-refractivity contribution in [3.05, 3.63) is 52.1 Å². The average Bonchev–Trinajstić information content (AvgIpc) is 2.44. The Kier molecular flexibility index (Phi) is 6.37. The van der Waals surface area contributed by atoms with Gasteiger partial charge in [-0.25, -0.2) is 4.98 Å². The van der Waals surface area contributed by atoms with Gasteiger partial charge in [-0.3, -0.25) is 0 Å². The molecule has 0 saturated heterocycles. The van der Waals surface area contributed by atoms with E-state index < -0.39 is 0 Å². The van der Waals surface area contributed by atoms with Gasteiger partial charge < -0.3 is 5.32 Å². The van der Waals surface area contributed by atoms with Crippen LogP contribution in [0.15, 0.2) is 46.5 Å². The van der Waals surface area contributed by atoms with E-state index in [2.05, 4.69) is 30.2 Å². The van der Waals surface area contributed by atoms with Gasteiger partial charge in [0.15, 0.2) is 0 Å². The lowest BCUT2D eigenvalue weighted by Gasteiger charge is -2.12. The smallest absolute Gasteiger partial charge is 0.101 e. The molecule has 2 rings (SSSR count). The van der Waals surface area contributed by atoms with Gasteiger partial charge >= 0.3 is 0 Å². The Morgan fingerprint density at radius 3 is 2.67 bits per heavy atom. The third kappa shape index (κ3) is 5.19. The van der Waals surface area contributed by atoms with E-state index in [0.29, 0.717) is 10.9 Å². The van der Waals surface area contributed by atoms with Gasteiger partial charge in [0.2, 0.25) is 0 Å². The monoisotopic (exact) mass is 340 g/mol. The Labute approximate surface area is 140 Å². The third-order valence-electron chi connectivity index (χ3n) is 2.82. The van der Waals surface area contributed by atoms with Crippen LogP contribution < -0.4 is 5.32 Å². The molecule has 1 N–H and O–H groups in total. The van der Waals surface area contributed by atoms with Crippen LogP contribution in [0.25, 0.3) is 0 Å². The van der Waals surface area contributed by atoms with Crippen molar-refractivity contribution in [1.82, 2.24) is 10.3 Å². The highest BCUT2D eigenvalue weighted by atomic mass is 35.5. The summed E-state index contributed by atoms with van der Waals surface area (Å²) >= 11 is 13.8. The minimum absolute atomic E-state index is 0.623.